The SMILES string of the molecule is C=C1CC(O)(c2ccccc2)N(C(=O)C(C)C)N1. The second-order valence-corrected chi connectivity index (χ2v) is 4.90. The number of hydrogen-bond acceptors (Lipinski definition) is 3. The first-order valence-corrected chi connectivity index (χ1v) is 6.01. The number of nitrogens with one attached hydrogen (secondary N) is 1. The zero-order chi connectivity index (χ0) is 13.3. The lowest BCUT2D eigenvalue weighted by Gasteiger charge is -2.33. The normalized spacial score (nSPS) is 23.3. The first-order chi connectivity index (χ1) is 8.45. The average Bonchev–Trinajstić information content (AvgIpc) is 2.66. The van der Waals surface area contributed by atoms with Gasteiger partial charge in [0.15, 0.2) is 5.72 Å². The number of amides is 1. The smallest absolute Gasteiger partial charge is 0.246 e. The van der Waals surface area contributed by atoms with Crippen molar-refractivity contribution in [3.63, 3.8) is 0 Å². The van der Waals surface area contributed by atoms with Crippen molar-refractivity contribution in [1.82, 2.24) is 10.4 Å². The number of hydrogen-bond donors (Lipinski definition) is 2. The molecule has 1 heterocycles. The van der Waals surface area contributed by atoms with Gasteiger partial charge in [-0.15, -0.1) is 0 Å². The van der Waals surface area contributed by atoms with Crippen LogP contribution < -0.4 is 5.43 Å². The summed E-state index contributed by atoms with van der Waals surface area (Å²) in [4.78, 5) is 12.1. The van der Waals surface area contributed by atoms with Crippen molar-refractivity contribution in [2.75, 3.05) is 0 Å². The van der Waals surface area contributed by atoms with Crippen LogP contribution in [0.5, 0.6) is 0 Å². The van der Waals surface area contributed by atoms with Gasteiger partial charge in [0.25, 0.3) is 0 Å². The van der Waals surface area contributed by atoms with E-state index in [9.17, 15) is 9.90 Å². The molecule has 1 aliphatic rings. The average molecular weight is 246 g/mol. The van der Waals surface area contributed by atoms with Gasteiger partial charge in [0.2, 0.25) is 5.91 Å². The van der Waals surface area contributed by atoms with Crippen LogP contribution >= 0.6 is 0 Å². The lowest BCUT2D eigenvalue weighted by Crippen LogP contribution is -2.51. The maximum Gasteiger partial charge on any atom is 0.246 e. The topological polar surface area (TPSA) is 52.6 Å². The highest BCUT2D eigenvalue weighted by atomic mass is 16.3. The summed E-state index contributed by atoms with van der Waals surface area (Å²) < 4.78 is 0. The molecule has 0 aromatic heterocycles. The molecule has 18 heavy (non-hydrogen) atoms. The summed E-state index contributed by atoms with van der Waals surface area (Å²) >= 11 is 0. The highest BCUT2D eigenvalue weighted by molar-refractivity contribution is 5.79. The van der Waals surface area contributed by atoms with E-state index < -0.39 is 5.72 Å². The van der Waals surface area contributed by atoms with Gasteiger partial charge >= 0.3 is 0 Å². The van der Waals surface area contributed by atoms with Gasteiger partial charge in [-0.2, -0.15) is 0 Å². The number of carbonyl (C=O) groups is 1. The van der Waals surface area contributed by atoms with E-state index in [1.54, 1.807) is 26.0 Å². The summed E-state index contributed by atoms with van der Waals surface area (Å²) in [5.74, 6) is -0.348. The van der Waals surface area contributed by atoms with E-state index in [0.29, 0.717) is 17.7 Å². The molecule has 0 spiro atoms. The maximum absolute atomic E-state index is 12.1. The number of rotatable bonds is 2. The maximum atomic E-state index is 12.1. The van der Waals surface area contributed by atoms with E-state index in [1.165, 1.54) is 5.01 Å². The van der Waals surface area contributed by atoms with Crippen LogP contribution in [0.3, 0.4) is 0 Å². The fourth-order valence-corrected chi connectivity index (χ4v) is 2.10. The fraction of sp³-hybridized carbons (Fsp3) is 0.357. The Morgan fingerprint density at radius 2 is 2.06 bits per heavy atom. The molecule has 1 atom stereocenters. The predicted octanol–water partition coefficient (Wildman–Crippen LogP) is 1.74. The molecule has 2 N–H and O–H groups in total. The molecule has 0 saturated carbocycles. The van der Waals surface area contributed by atoms with Gasteiger partial charge in [-0.05, 0) is 0 Å². The Kier molecular flexibility index (Phi) is 3.13. The minimum absolute atomic E-state index is 0.153. The van der Waals surface area contributed by atoms with Crippen LogP contribution in [-0.2, 0) is 10.5 Å². The first kappa shape index (κ1) is 12.6. The summed E-state index contributed by atoms with van der Waals surface area (Å²) in [5, 5.41) is 12.1. The minimum Gasteiger partial charge on any atom is -0.365 e. The zero-order valence-electron chi connectivity index (χ0n) is 10.7. The third kappa shape index (κ3) is 1.99. The van der Waals surface area contributed by atoms with Crippen LogP contribution in [0.4, 0.5) is 0 Å². The van der Waals surface area contributed by atoms with Gasteiger partial charge in [-0.1, -0.05) is 50.8 Å². The summed E-state index contributed by atoms with van der Waals surface area (Å²) in [5.41, 5.74) is 2.84. The monoisotopic (exact) mass is 246 g/mol. The molecular formula is C14H18N2O2. The number of benzene rings is 1. The second kappa shape index (κ2) is 4.46. The first-order valence-electron chi connectivity index (χ1n) is 6.01. The third-order valence-corrected chi connectivity index (χ3v) is 3.05. The van der Waals surface area contributed by atoms with Gasteiger partial charge in [0, 0.05) is 23.6 Å². The zero-order valence-corrected chi connectivity index (χ0v) is 10.7. The summed E-state index contributed by atoms with van der Waals surface area (Å²) in [6.07, 6.45) is 0.301. The summed E-state index contributed by atoms with van der Waals surface area (Å²) in [7, 11) is 0. The van der Waals surface area contributed by atoms with Crippen LogP contribution in [0.15, 0.2) is 42.6 Å². The van der Waals surface area contributed by atoms with Crippen molar-refractivity contribution in [2.45, 2.75) is 26.0 Å². The molecule has 0 radical (unpaired) electrons. The molecule has 1 aromatic rings. The van der Waals surface area contributed by atoms with Crippen molar-refractivity contribution in [3.8, 4) is 0 Å². The molecule has 1 aliphatic heterocycles. The Bertz CT molecular complexity index is 470. The second-order valence-electron chi connectivity index (χ2n) is 4.90. The van der Waals surface area contributed by atoms with E-state index in [-0.39, 0.29) is 11.8 Å². The predicted molar refractivity (Wildman–Crippen MR) is 68.9 cm³/mol. The Morgan fingerprint density at radius 3 is 2.61 bits per heavy atom. The Labute approximate surface area is 107 Å². The minimum atomic E-state index is -1.35. The Balaban J connectivity index is 2.40. The number of hydrazine groups is 1. The van der Waals surface area contributed by atoms with Crippen LogP contribution in [0.25, 0.3) is 0 Å². The lowest BCUT2D eigenvalue weighted by molar-refractivity contribution is -0.164. The largest absolute Gasteiger partial charge is 0.365 e. The summed E-state index contributed by atoms with van der Waals surface area (Å²) in [6.45, 7) is 7.41. The van der Waals surface area contributed by atoms with Crippen molar-refractivity contribution < 1.29 is 9.90 Å². The van der Waals surface area contributed by atoms with Gasteiger partial charge in [0.05, 0.1) is 0 Å². The molecule has 1 unspecified atom stereocenters. The molecule has 0 bridgehead atoms. The van der Waals surface area contributed by atoms with E-state index in [4.69, 9.17) is 0 Å². The van der Waals surface area contributed by atoms with Crippen molar-refractivity contribution >= 4 is 5.91 Å². The third-order valence-electron chi connectivity index (χ3n) is 3.05. The quantitative estimate of drug-likeness (QED) is 0.835. The van der Waals surface area contributed by atoms with Crippen molar-refractivity contribution in [3.05, 3.63) is 48.2 Å². The van der Waals surface area contributed by atoms with E-state index >= 15 is 0 Å². The molecule has 4 nitrogen and oxygen atoms in total. The standard InChI is InChI=1S/C14H18N2O2/c1-10(2)13(17)16-14(18,9-11(3)15-16)12-7-5-4-6-8-12/h4-8,10,15,18H,3,9H2,1-2H3. The van der Waals surface area contributed by atoms with E-state index in [2.05, 4.69) is 12.0 Å². The van der Waals surface area contributed by atoms with E-state index in [0.717, 1.165) is 0 Å². The van der Waals surface area contributed by atoms with Crippen molar-refractivity contribution in [1.29, 1.82) is 0 Å². The fourth-order valence-electron chi connectivity index (χ4n) is 2.10. The molecule has 1 fully saturated rings. The van der Waals surface area contributed by atoms with Crippen LogP contribution in [0, 0.1) is 5.92 Å². The highest BCUT2D eigenvalue weighted by Crippen LogP contribution is 2.36. The van der Waals surface area contributed by atoms with Gasteiger partial charge in [-0.3, -0.25) is 10.2 Å². The molecule has 4 heteroatoms. The van der Waals surface area contributed by atoms with Gasteiger partial charge in [0.1, 0.15) is 0 Å². The highest BCUT2D eigenvalue weighted by Gasteiger charge is 2.46. The van der Waals surface area contributed by atoms with Crippen molar-refractivity contribution in [2.24, 2.45) is 5.92 Å². The summed E-state index contributed by atoms with van der Waals surface area (Å²) in [6, 6.07) is 9.17. The molecular weight excluding hydrogens is 228 g/mol. The molecule has 0 aliphatic carbocycles. The van der Waals surface area contributed by atoms with Gasteiger partial charge in [-0.25, -0.2) is 5.01 Å². The number of carbonyl (C=O) groups excluding carboxylic acids is 1. The Morgan fingerprint density at radius 1 is 1.44 bits per heavy atom. The number of nitrogens with zero attached hydrogens (tertiary/aromatic N) is 1. The molecule has 2 rings (SSSR count). The molecule has 1 amide bonds. The van der Waals surface area contributed by atoms with Gasteiger partial charge < -0.3 is 5.11 Å². The lowest BCUT2D eigenvalue weighted by atomic mass is 9.98. The van der Waals surface area contributed by atoms with Crippen LogP contribution in [-0.4, -0.2) is 16.0 Å². The molecule has 1 saturated heterocycles. The van der Waals surface area contributed by atoms with Crippen LogP contribution in [0.2, 0.25) is 0 Å². The Hall–Kier alpha value is -1.81. The van der Waals surface area contributed by atoms with E-state index in [1.807, 2.05) is 18.2 Å². The number of aliphatic hydroxyl groups is 1. The molecule has 1 aromatic carbocycles. The van der Waals surface area contributed by atoms with Crippen LogP contribution in [0.1, 0.15) is 25.8 Å². The molecule has 96 valence electrons.